The Morgan fingerprint density at radius 1 is 0.857 bits per heavy atom. The second-order valence-electron chi connectivity index (χ2n) is 4.12. The topological polar surface area (TPSA) is 40.5 Å². The van der Waals surface area contributed by atoms with Gasteiger partial charge in [0, 0.05) is 6.07 Å². The molecule has 0 aliphatic heterocycles. The van der Waals surface area contributed by atoms with Crippen LogP contribution in [0, 0.1) is 0 Å². The van der Waals surface area contributed by atoms with Crippen molar-refractivity contribution in [3.05, 3.63) is 23.8 Å². The van der Waals surface area contributed by atoms with Gasteiger partial charge in [-0.15, -0.1) is 0 Å². The Labute approximate surface area is 84.2 Å². The van der Waals surface area contributed by atoms with E-state index in [1.54, 1.807) is 12.1 Å². The summed E-state index contributed by atoms with van der Waals surface area (Å²) in [7, 11) is 0. The van der Waals surface area contributed by atoms with E-state index in [1.165, 1.54) is 38.2 Å². The highest BCUT2D eigenvalue weighted by atomic mass is 16.3. The number of hydrogen-bond donors (Lipinski definition) is 2. The number of phenolic OH excluding ortho intramolecular Hbond substituents is 2. The Morgan fingerprint density at radius 3 is 2.00 bits per heavy atom. The van der Waals surface area contributed by atoms with Gasteiger partial charge >= 0.3 is 0 Å². The zero-order valence-corrected chi connectivity index (χ0v) is 8.24. The number of benzene rings is 1. The molecule has 0 atom stereocenters. The van der Waals surface area contributed by atoms with Gasteiger partial charge in [-0.25, -0.2) is 0 Å². The van der Waals surface area contributed by atoms with Crippen molar-refractivity contribution in [1.29, 1.82) is 0 Å². The average Bonchev–Trinajstić information content (AvgIpc) is 2.18. The largest absolute Gasteiger partial charge is 0.508 e. The van der Waals surface area contributed by atoms with E-state index in [0.29, 0.717) is 5.92 Å². The third-order valence-electron chi connectivity index (χ3n) is 3.00. The summed E-state index contributed by atoms with van der Waals surface area (Å²) < 4.78 is 0. The monoisotopic (exact) mass is 192 g/mol. The first kappa shape index (κ1) is 9.38. The summed E-state index contributed by atoms with van der Waals surface area (Å²) >= 11 is 0. The summed E-state index contributed by atoms with van der Waals surface area (Å²) in [6, 6.07) is 4.93. The first-order chi connectivity index (χ1) is 6.75. The van der Waals surface area contributed by atoms with Crippen LogP contribution >= 0.6 is 0 Å². The molecule has 1 aromatic rings. The van der Waals surface area contributed by atoms with E-state index >= 15 is 0 Å². The van der Waals surface area contributed by atoms with Crippen LogP contribution in [0.1, 0.15) is 43.6 Å². The summed E-state index contributed by atoms with van der Waals surface area (Å²) in [5, 5.41) is 18.7. The van der Waals surface area contributed by atoms with Gasteiger partial charge in [-0.05, 0) is 36.5 Å². The summed E-state index contributed by atoms with van der Waals surface area (Å²) in [6.45, 7) is 0. The van der Waals surface area contributed by atoms with Crippen LogP contribution in [-0.4, -0.2) is 10.2 Å². The molecular formula is C12H16O2. The molecule has 0 saturated heterocycles. The van der Waals surface area contributed by atoms with Crippen LogP contribution in [0.15, 0.2) is 18.2 Å². The average molecular weight is 192 g/mol. The summed E-state index contributed by atoms with van der Waals surface area (Å²) in [5.41, 5.74) is 1.09. The smallest absolute Gasteiger partial charge is 0.119 e. The van der Waals surface area contributed by atoms with Crippen LogP contribution in [0.5, 0.6) is 11.5 Å². The summed E-state index contributed by atoms with van der Waals surface area (Å²) in [4.78, 5) is 0. The van der Waals surface area contributed by atoms with Gasteiger partial charge in [-0.2, -0.15) is 0 Å². The van der Waals surface area contributed by atoms with Crippen LogP contribution in [0.4, 0.5) is 0 Å². The molecule has 0 unspecified atom stereocenters. The fourth-order valence-corrected chi connectivity index (χ4v) is 2.29. The maximum atomic E-state index is 9.36. The van der Waals surface area contributed by atoms with Gasteiger partial charge in [-0.3, -0.25) is 0 Å². The van der Waals surface area contributed by atoms with Gasteiger partial charge in [0.1, 0.15) is 11.5 Å². The molecular weight excluding hydrogens is 176 g/mol. The highest BCUT2D eigenvalue weighted by Gasteiger charge is 2.16. The zero-order chi connectivity index (χ0) is 9.97. The molecule has 0 aromatic heterocycles. The molecule has 2 N–H and O–H groups in total. The van der Waals surface area contributed by atoms with E-state index in [4.69, 9.17) is 0 Å². The minimum Gasteiger partial charge on any atom is -0.508 e. The summed E-state index contributed by atoms with van der Waals surface area (Å²) in [6.07, 6.45) is 6.22. The molecule has 0 amide bonds. The molecule has 0 radical (unpaired) electrons. The van der Waals surface area contributed by atoms with Gasteiger partial charge < -0.3 is 10.2 Å². The van der Waals surface area contributed by atoms with Crippen LogP contribution in [0.25, 0.3) is 0 Å². The van der Waals surface area contributed by atoms with E-state index in [-0.39, 0.29) is 11.5 Å². The lowest BCUT2D eigenvalue weighted by atomic mass is 9.84. The van der Waals surface area contributed by atoms with Crippen molar-refractivity contribution in [2.24, 2.45) is 0 Å². The number of phenols is 2. The molecule has 0 spiro atoms. The predicted octanol–water partition coefficient (Wildman–Crippen LogP) is 3.15. The Kier molecular flexibility index (Phi) is 2.62. The lowest BCUT2D eigenvalue weighted by Crippen LogP contribution is -2.04. The Balaban J connectivity index is 2.21. The lowest BCUT2D eigenvalue weighted by molar-refractivity contribution is 0.427. The fourth-order valence-electron chi connectivity index (χ4n) is 2.29. The maximum Gasteiger partial charge on any atom is 0.119 e. The highest BCUT2D eigenvalue weighted by Crippen LogP contribution is 2.35. The van der Waals surface area contributed by atoms with Crippen LogP contribution in [0.3, 0.4) is 0 Å². The van der Waals surface area contributed by atoms with Crippen molar-refractivity contribution in [2.45, 2.75) is 38.0 Å². The Bertz CT molecular complexity index is 294. The van der Waals surface area contributed by atoms with Crippen molar-refractivity contribution in [1.82, 2.24) is 0 Å². The number of rotatable bonds is 1. The van der Waals surface area contributed by atoms with Gasteiger partial charge in [0.05, 0.1) is 0 Å². The van der Waals surface area contributed by atoms with Crippen LogP contribution in [0.2, 0.25) is 0 Å². The van der Waals surface area contributed by atoms with Gasteiger partial charge in [-0.1, -0.05) is 19.3 Å². The molecule has 2 heteroatoms. The van der Waals surface area contributed by atoms with Crippen molar-refractivity contribution in [3.63, 3.8) is 0 Å². The second kappa shape index (κ2) is 3.91. The molecule has 1 fully saturated rings. The van der Waals surface area contributed by atoms with E-state index in [2.05, 4.69) is 0 Å². The van der Waals surface area contributed by atoms with Crippen molar-refractivity contribution in [3.8, 4) is 11.5 Å². The van der Waals surface area contributed by atoms with E-state index in [9.17, 15) is 10.2 Å². The highest BCUT2D eigenvalue weighted by molar-refractivity contribution is 5.38. The van der Waals surface area contributed by atoms with Crippen molar-refractivity contribution < 1.29 is 10.2 Å². The van der Waals surface area contributed by atoms with Crippen molar-refractivity contribution in [2.75, 3.05) is 0 Å². The molecule has 1 aliphatic rings. The van der Waals surface area contributed by atoms with Crippen LogP contribution in [-0.2, 0) is 0 Å². The molecule has 1 aliphatic carbocycles. The molecule has 1 saturated carbocycles. The third-order valence-corrected chi connectivity index (χ3v) is 3.00. The SMILES string of the molecule is Oc1cc(O)cc(C2CCCCC2)c1. The second-order valence-corrected chi connectivity index (χ2v) is 4.12. The predicted molar refractivity (Wildman–Crippen MR) is 55.6 cm³/mol. The molecule has 0 heterocycles. The molecule has 2 rings (SSSR count). The van der Waals surface area contributed by atoms with E-state index in [0.717, 1.165) is 5.56 Å². The minimum absolute atomic E-state index is 0.172. The van der Waals surface area contributed by atoms with Gasteiger partial charge in [0.25, 0.3) is 0 Å². The first-order valence-corrected chi connectivity index (χ1v) is 5.28. The minimum atomic E-state index is 0.172. The van der Waals surface area contributed by atoms with E-state index in [1.807, 2.05) is 0 Å². The standard InChI is InChI=1S/C12H16O2/c13-11-6-10(7-12(14)8-11)9-4-2-1-3-5-9/h6-9,13-14H,1-5H2. The van der Waals surface area contributed by atoms with Gasteiger partial charge in [0.2, 0.25) is 0 Å². The van der Waals surface area contributed by atoms with Gasteiger partial charge in [0.15, 0.2) is 0 Å². The molecule has 2 nitrogen and oxygen atoms in total. The number of hydrogen-bond acceptors (Lipinski definition) is 2. The molecule has 1 aromatic carbocycles. The Hall–Kier alpha value is -1.18. The summed E-state index contributed by atoms with van der Waals surface area (Å²) in [5.74, 6) is 0.873. The molecule has 0 bridgehead atoms. The van der Waals surface area contributed by atoms with Crippen LogP contribution < -0.4 is 0 Å². The molecule has 76 valence electrons. The van der Waals surface area contributed by atoms with Crippen molar-refractivity contribution >= 4 is 0 Å². The first-order valence-electron chi connectivity index (χ1n) is 5.28. The lowest BCUT2D eigenvalue weighted by Gasteiger charge is -2.22. The Morgan fingerprint density at radius 2 is 1.43 bits per heavy atom. The normalized spacial score (nSPS) is 18.3. The number of aromatic hydroxyl groups is 2. The quantitative estimate of drug-likeness (QED) is 0.717. The molecule has 14 heavy (non-hydrogen) atoms. The fraction of sp³-hybridized carbons (Fsp3) is 0.500. The maximum absolute atomic E-state index is 9.36. The zero-order valence-electron chi connectivity index (χ0n) is 8.24. The van der Waals surface area contributed by atoms with E-state index < -0.39 is 0 Å². The third kappa shape index (κ3) is 2.00.